The van der Waals surface area contributed by atoms with Crippen molar-refractivity contribution in [2.75, 3.05) is 0 Å². The highest BCUT2D eigenvalue weighted by Gasteiger charge is 2.09. The third-order valence-corrected chi connectivity index (χ3v) is 1.29. The number of hydrogen-bond acceptors (Lipinski definition) is 2. The van der Waals surface area contributed by atoms with E-state index >= 15 is 0 Å². The summed E-state index contributed by atoms with van der Waals surface area (Å²) < 4.78 is 0. The van der Waals surface area contributed by atoms with Crippen LogP contribution < -0.4 is 4.98 Å². The minimum absolute atomic E-state index is 1.27. The Morgan fingerprint density at radius 1 is 1.43 bits per heavy atom. The van der Waals surface area contributed by atoms with E-state index in [0.717, 1.165) is 0 Å². The van der Waals surface area contributed by atoms with E-state index in [1.807, 2.05) is 6.19 Å². The fraction of sp³-hybridized carbons (Fsp3) is 0.750. The molecule has 0 saturated heterocycles. The summed E-state index contributed by atoms with van der Waals surface area (Å²) in [5, 5.41) is 8.08. The predicted octanol–water partition coefficient (Wildman–Crippen LogP) is 0.892. The number of nitrogens with zero attached hydrogens (tertiary/aromatic N) is 1. The van der Waals surface area contributed by atoms with Gasteiger partial charge in [0.25, 0.3) is 0 Å². The van der Waals surface area contributed by atoms with Gasteiger partial charge in [-0.3, -0.25) is 0 Å². The number of nitriles is 1. The molecule has 0 aliphatic rings. The molecule has 0 amide bonds. The summed E-state index contributed by atoms with van der Waals surface area (Å²) >= 11 is 0. The lowest BCUT2D eigenvalue weighted by Crippen LogP contribution is -2.37. The highest BCUT2D eigenvalue weighted by Crippen LogP contribution is 1.90. The van der Waals surface area contributed by atoms with Crippen molar-refractivity contribution in [1.82, 2.24) is 4.98 Å². The molecule has 0 saturated carbocycles. The highest BCUT2D eigenvalue weighted by atomic mass is 28.3. The summed E-state index contributed by atoms with van der Waals surface area (Å²) in [5.74, 6) is 0. The molecule has 0 heterocycles. The molecule has 40 valence electrons. The Labute approximate surface area is 45.2 Å². The largest absolute Gasteiger partial charge is 0.350 e. The first-order chi connectivity index (χ1) is 3.06. The van der Waals surface area contributed by atoms with Crippen LogP contribution in [0.1, 0.15) is 0 Å². The first-order valence-corrected chi connectivity index (χ1v) is 5.72. The molecule has 0 spiro atoms. The Hall–Kier alpha value is -0.493. The van der Waals surface area contributed by atoms with Gasteiger partial charge < -0.3 is 4.98 Å². The van der Waals surface area contributed by atoms with Gasteiger partial charge in [0.2, 0.25) is 0 Å². The molecule has 0 aliphatic carbocycles. The summed E-state index contributed by atoms with van der Waals surface area (Å²) in [6.07, 6.45) is 1.92. The molecule has 0 unspecified atom stereocenters. The maximum absolute atomic E-state index is 8.08. The predicted molar refractivity (Wildman–Crippen MR) is 32.1 cm³/mol. The lowest BCUT2D eigenvalue weighted by Gasteiger charge is -2.10. The molecule has 0 aromatic carbocycles. The Morgan fingerprint density at radius 2 is 1.86 bits per heavy atom. The fourth-order valence-electron chi connectivity index (χ4n) is 0.168. The summed E-state index contributed by atoms with van der Waals surface area (Å²) in [6.45, 7) is 6.24. The molecule has 0 atom stereocenters. The first-order valence-electron chi connectivity index (χ1n) is 2.22. The van der Waals surface area contributed by atoms with Gasteiger partial charge in [-0.1, -0.05) is 19.6 Å². The Balaban J connectivity index is 3.40. The van der Waals surface area contributed by atoms with E-state index < -0.39 is 8.24 Å². The van der Waals surface area contributed by atoms with E-state index in [1.54, 1.807) is 0 Å². The summed E-state index contributed by atoms with van der Waals surface area (Å²) in [4.78, 5) is 2.73. The van der Waals surface area contributed by atoms with E-state index in [-0.39, 0.29) is 0 Å². The van der Waals surface area contributed by atoms with Gasteiger partial charge in [-0.2, -0.15) is 5.26 Å². The maximum Gasteiger partial charge on any atom is 0.167 e. The summed E-state index contributed by atoms with van der Waals surface area (Å²) in [7, 11) is -1.27. The zero-order valence-corrected chi connectivity index (χ0v) is 5.95. The van der Waals surface area contributed by atoms with Crippen molar-refractivity contribution >= 4 is 8.24 Å². The maximum atomic E-state index is 8.08. The van der Waals surface area contributed by atoms with Crippen LogP contribution in [-0.2, 0) is 0 Å². The molecule has 1 N–H and O–H groups in total. The average molecular weight is 114 g/mol. The summed E-state index contributed by atoms with van der Waals surface area (Å²) in [5.41, 5.74) is 0. The number of nitrogens with one attached hydrogen (secondary N) is 1. The van der Waals surface area contributed by atoms with Crippen LogP contribution in [0.5, 0.6) is 0 Å². The lowest BCUT2D eigenvalue weighted by atomic mass is 11.5. The topological polar surface area (TPSA) is 35.8 Å². The zero-order chi connectivity index (χ0) is 5.91. The third-order valence-electron chi connectivity index (χ3n) is 0.431. The quantitative estimate of drug-likeness (QED) is 0.312. The van der Waals surface area contributed by atoms with Gasteiger partial charge in [0, 0.05) is 0 Å². The van der Waals surface area contributed by atoms with E-state index in [9.17, 15) is 0 Å². The van der Waals surface area contributed by atoms with Crippen molar-refractivity contribution in [3.63, 3.8) is 0 Å². The minimum Gasteiger partial charge on any atom is -0.350 e. The monoisotopic (exact) mass is 114 g/mol. The first kappa shape index (κ1) is 6.51. The molecule has 0 radical (unpaired) electrons. The molecular formula is C4H10N2Si. The van der Waals surface area contributed by atoms with E-state index in [2.05, 4.69) is 24.6 Å². The van der Waals surface area contributed by atoms with Crippen LogP contribution in [0.15, 0.2) is 0 Å². The minimum atomic E-state index is -1.27. The lowest BCUT2D eigenvalue weighted by molar-refractivity contribution is 1.25. The van der Waals surface area contributed by atoms with E-state index in [4.69, 9.17) is 5.26 Å². The van der Waals surface area contributed by atoms with Gasteiger partial charge in [-0.15, -0.1) is 0 Å². The van der Waals surface area contributed by atoms with Crippen LogP contribution in [0.2, 0.25) is 19.6 Å². The Morgan fingerprint density at radius 3 is 1.86 bits per heavy atom. The van der Waals surface area contributed by atoms with Crippen molar-refractivity contribution in [3.05, 3.63) is 0 Å². The van der Waals surface area contributed by atoms with Crippen LogP contribution in [0.4, 0.5) is 0 Å². The molecule has 0 bridgehead atoms. The number of hydrogen-bond donors (Lipinski definition) is 1. The molecule has 0 aliphatic heterocycles. The second-order valence-electron chi connectivity index (χ2n) is 2.49. The van der Waals surface area contributed by atoms with Gasteiger partial charge >= 0.3 is 0 Å². The third kappa shape index (κ3) is 5.51. The standard InChI is InChI=1S/C4H10N2Si/c1-7(2,3)6-4-5/h6H,1-3H3. The van der Waals surface area contributed by atoms with Gasteiger partial charge in [-0.05, 0) is 0 Å². The average Bonchev–Trinajstić information content (AvgIpc) is 1.30. The van der Waals surface area contributed by atoms with Gasteiger partial charge in [-0.25, -0.2) is 0 Å². The molecular weight excluding hydrogens is 104 g/mol. The van der Waals surface area contributed by atoms with Crippen LogP contribution in [0.25, 0.3) is 0 Å². The molecule has 3 heteroatoms. The fourth-order valence-corrected chi connectivity index (χ4v) is 0.503. The van der Waals surface area contributed by atoms with Gasteiger partial charge in [0.1, 0.15) is 0 Å². The molecule has 0 fully saturated rings. The van der Waals surface area contributed by atoms with Crippen LogP contribution >= 0.6 is 0 Å². The van der Waals surface area contributed by atoms with Crippen molar-refractivity contribution in [1.29, 1.82) is 5.26 Å². The SMILES string of the molecule is C[Si](C)(C)NC#N. The molecule has 0 aromatic heterocycles. The van der Waals surface area contributed by atoms with Crippen molar-refractivity contribution < 1.29 is 0 Å². The second kappa shape index (κ2) is 1.98. The van der Waals surface area contributed by atoms with Crippen molar-refractivity contribution in [2.45, 2.75) is 19.6 Å². The van der Waals surface area contributed by atoms with Gasteiger partial charge in [0.15, 0.2) is 14.4 Å². The Kier molecular flexibility index (Phi) is 1.85. The number of rotatable bonds is 1. The molecule has 0 rings (SSSR count). The van der Waals surface area contributed by atoms with E-state index in [1.165, 1.54) is 0 Å². The van der Waals surface area contributed by atoms with Crippen LogP contribution in [-0.4, -0.2) is 8.24 Å². The smallest absolute Gasteiger partial charge is 0.167 e. The normalized spacial score (nSPS) is 10.0. The zero-order valence-electron chi connectivity index (χ0n) is 4.95. The Bertz CT molecular complexity index is 86.8. The molecule has 7 heavy (non-hydrogen) atoms. The molecule has 2 nitrogen and oxygen atoms in total. The van der Waals surface area contributed by atoms with Crippen molar-refractivity contribution in [3.8, 4) is 6.19 Å². The van der Waals surface area contributed by atoms with Crippen LogP contribution in [0.3, 0.4) is 0 Å². The van der Waals surface area contributed by atoms with Crippen LogP contribution in [0, 0.1) is 11.5 Å². The second-order valence-corrected chi connectivity index (χ2v) is 7.24. The highest BCUT2D eigenvalue weighted by molar-refractivity contribution is 6.74. The van der Waals surface area contributed by atoms with Crippen molar-refractivity contribution in [2.24, 2.45) is 0 Å². The van der Waals surface area contributed by atoms with Gasteiger partial charge in [0.05, 0.1) is 0 Å². The van der Waals surface area contributed by atoms with E-state index in [0.29, 0.717) is 0 Å². The summed E-state index contributed by atoms with van der Waals surface area (Å²) in [6, 6.07) is 0. The molecule has 0 aromatic rings.